The number of aromatic carboxylic acids is 2. The predicted molar refractivity (Wildman–Crippen MR) is 201 cm³/mol. The van der Waals surface area contributed by atoms with Crippen molar-refractivity contribution < 1.29 is 29.3 Å². The Morgan fingerprint density at radius 1 is 0.491 bits per heavy atom. The molecule has 0 fully saturated rings. The van der Waals surface area contributed by atoms with Crippen molar-refractivity contribution in [3.8, 4) is 34.4 Å². The van der Waals surface area contributed by atoms with Crippen LogP contribution in [0.4, 0.5) is 0 Å². The maximum Gasteiger partial charge on any atom is 0.337 e. The van der Waals surface area contributed by atoms with Crippen LogP contribution in [0.2, 0.25) is 0 Å². The molecular formula is C45H28N2O6. The summed E-state index contributed by atoms with van der Waals surface area (Å²) in [6, 6.07) is 47.4. The van der Waals surface area contributed by atoms with Crippen LogP contribution in [-0.2, 0) is 5.41 Å². The van der Waals surface area contributed by atoms with Gasteiger partial charge in [-0.15, -0.1) is 0 Å². The van der Waals surface area contributed by atoms with Gasteiger partial charge in [0.15, 0.2) is 0 Å². The lowest BCUT2D eigenvalue weighted by atomic mass is 9.67. The van der Waals surface area contributed by atoms with Crippen LogP contribution in [0.25, 0.3) is 32.7 Å². The fourth-order valence-electron chi connectivity index (χ4n) is 7.54. The number of aromatic nitrogens is 2. The number of fused-ring (bicyclic) bond motifs is 5. The second-order valence-electron chi connectivity index (χ2n) is 12.8. The van der Waals surface area contributed by atoms with E-state index in [-0.39, 0.29) is 22.9 Å². The number of pyridine rings is 2. The maximum absolute atomic E-state index is 11.5. The quantitative estimate of drug-likeness (QED) is 0.162. The molecule has 8 aromatic rings. The van der Waals surface area contributed by atoms with Crippen LogP contribution in [0.3, 0.4) is 0 Å². The van der Waals surface area contributed by atoms with Crippen LogP contribution >= 0.6 is 0 Å². The first kappa shape index (κ1) is 31.6. The molecule has 0 radical (unpaired) electrons. The third-order valence-corrected chi connectivity index (χ3v) is 9.86. The molecule has 0 amide bonds. The lowest BCUT2D eigenvalue weighted by molar-refractivity contribution is 0.0685. The van der Waals surface area contributed by atoms with E-state index in [0.717, 1.165) is 54.9 Å². The number of hydrogen-bond acceptors (Lipinski definition) is 6. The Morgan fingerprint density at radius 2 is 0.906 bits per heavy atom. The highest BCUT2D eigenvalue weighted by Crippen LogP contribution is 2.58. The number of nitrogens with zero attached hydrogens (tertiary/aromatic N) is 2. The zero-order valence-electron chi connectivity index (χ0n) is 27.9. The second kappa shape index (κ2) is 12.5. The minimum atomic E-state index is -1.07. The van der Waals surface area contributed by atoms with E-state index in [1.807, 2.05) is 36.4 Å². The van der Waals surface area contributed by atoms with Gasteiger partial charge in [-0.05, 0) is 80.6 Å². The van der Waals surface area contributed by atoms with E-state index in [2.05, 4.69) is 94.9 Å². The van der Waals surface area contributed by atoms with Crippen LogP contribution in [-0.4, -0.2) is 32.1 Å². The molecule has 0 saturated carbocycles. The molecule has 0 aliphatic heterocycles. The van der Waals surface area contributed by atoms with Gasteiger partial charge in [-0.2, -0.15) is 0 Å². The van der Waals surface area contributed by atoms with Crippen molar-refractivity contribution in [1.29, 1.82) is 0 Å². The summed E-state index contributed by atoms with van der Waals surface area (Å²) >= 11 is 0. The summed E-state index contributed by atoms with van der Waals surface area (Å²) in [5.74, 6) is -0.472. The number of carbonyl (C=O) groups is 2. The molecule has 0 spiro atoms. The first-order valence-corrected chi connectivity index (χ1v) is 16.9. The van der Waals surface area contributed by atoms with Crippen LogP contribution in [0, 0.1) is 0 Å². The number of rotatable bonds is 8. The van der Waals surface area contributed by atoms with E-state index < -0.39 is 17.4 Å². The molecule has 0 bridgehead atoms. The Balaban J connectivity index is 1.32. The molecule has 8 nitrogen and oxygen atoms in total. The smallest absolute Gasteiger partial charge is 0.337 e. The highest BCUT2D eigenvalue weighted by molar-refractivity contribution is 5.95. The molecule has 0 unspecified atom stereocenters. The van der Waals surface area contributed by atoms with Gasteiger partial charge in [-0.3, -0.25) is 0 Å². The summed E-state index contributed by atoms with van der Waals surface area (Å²) in [4.78, 5) is 31.7. The third-order valence-electron chi connectivity index (χ3n) is 9.86. The number of hydrogen-bond donors (Lipinski definition) is 2. The Labute approximate surface area is 303 Å². The van der Waals surface area contributed by atoms with E-state index in [4.69, 9.17) is 9.47 Å². The molecule has 2 aromatic heterocycles. The van der Waals surface area contributed by atoms with Gasteiger partial charge in [-0.1, -0.05) is 97.1 Å². The summed E-state index contributed by atoms with van der Waals surface area (Å²) < 4.78 is 13.0. The standard InChI is InChI=1S/C45H28N2O6/c48-43(49)29-17-19-41(46-25-29)52-39-23-31(21-27-9-1-3-11-33(27)39)45(37-15-7-5-13-35(37)36-14-6-8-16-38(36)45)32-22-28-10-2-4-12-34(28)40(24-32)53-42-20-18-30(26-47-42)44(50)51/h1-26H,(H,48,49)(H,50,51). The van der Waals surface area contributed by atoms with Crippen molar-refractivity contribution in [3.63, 3.8) is 0 Å². The van der Waals surface area contributed by atoms with Gasteiger partial charge in [-0.25, -0.2) is 19.6 Å². The van der Waals surface area contributed by atoms with Gasteiger partial charge in [0.25, 0.3) is 0 Å². The number of benzene rings is 6. The topological polar surface area (TPSA) is 119 Å². The lowest BCUT2D eigenvalue weighted by Gasteiger charge is -2.35. The summed E-state index contributed by atoms with van der Waals surface area (Å²) in [7, 11) is 0. The highest BCUT2D eigenvalue weighted by atomic mass is 16.5. The zero-order valence-corrected chi connectivity index (χ0v) is 27.9. The van der Waals surface area contributed by atoms with Crippen molar-refractivity contribution in [3.05, 3.63) is 191 Å². The van der Waals surface area contributed by atoms with E-state index in [0.29, 0.717) is 11.5 Å². The lowest BCUT2D eigenvalue weighted by Crippen LogP contribution is -2.28. The molecule has 2 heterocycles. The Kier molecular flexibility index (Phi) is 7.45. The van der Waals surface area contributed by atoms with Crippen LogP contribution < -0.4 is 9.47 Å². The molecule has 6 aromatic carbocycles. The molecule has 53 heavy (non-hydrogen) atoms. The van der Waals surface area contributed by atoms with Crippen LogP contribution in [0.5, 0.6) is 23.3 Å². The fourth-order valence-corrected chi connectivity index (χ4v) is 7.54. The normalized spacial score (nSPS) is 12.6. The van der Waals surface area contributed by atoms with Gasteiger partial charge in [0.1, 0.15) is 11.5 Å². The van der Waals surface area contributed by atoms with Gasteiger partial charge in [0.2, 0.25) is 11.8 Å². The molecule has 9 rings (SSSR count). The maximum atomic E-state index is 11.5. The third kappa shape index (κ3) is 5.24. The summed E-state index contributed by atoms with van der Waals surface area (Å²) in [5.41, 5.74) is 5.52. The number of ether oxygens (including phenoxy) is 2. The first-order chi connectivity index (χ1) is 25.9. The minimum Gasteiger partial charge on any atom is -0.478 e. The van der Waals surface area contributed by atoms with Crippen molar-refractivity contribution >= 4 is 33.5 Å². The van der Waals surface area contributed by atoms with Crippen molar-refractivity contribution in [2.45, 2.75) is 5.41 Å². The Hall–Kier alpha value is -7.32. The van der Waals surface area contributed by atoms with E-state index in [9.17, 15) is 19.8 Å². The van der Waals surface area contributed by atoms with E-state index in [1.165, 1.54) is 24.5 Å². The molecule has 1 aliphatic rings. The van der Waals surface area contributed by atoms with Crippen molar-refractivity contribution in [1.82, 2.24) is 9.97 Å². The van der Waals surface area contributed by atoms with Gasteiger partial charge in [0.05, 0.1) is 16.5 Å². The van der Waals surface area contributed by atoms with Gasteiger partial charge in [0, 0.05) is 35.3 Å². The monoisotopic (exact) mass is 692 g/mol. The Morgan fingerprint density at radius 3 is 1.32 bits per heavy atom. The van der Waals surface area contributed by atoms with Crippen molar-refractivity contribution in [2.24, 2.45) is 0 Å². The van der Waals surface area contributed by atoms with Gasteiger partial charge < -0.3 is 19.7 Å². The largest absolute Gasteiger partial charge is 0.478 e. The van der Waals surface area contributed by atoms with Crippen LogP contribution in [0.15, 0.2) is 158 Å². The summed E-state index contributed by atoms with van der Waals surface area (Å²) in [6.07, 6.45) is 2.57. The average molecular weight is 693 g/mol. The molecular weight excluding hydrogens is 665 g/mol. The zero-order chi connectivity index (χ0) is 36.1. The average Bonchev–Trinajstić information content (AvgIpc) is 3.49. The molecule has 2 N–H and O–H groups in total. The Bertz CT molecular complexity index is 2550. The molecule has 1 aliphatic carbocycles. The number of carboxylic acids is 2. The molecule has 0 atom stereocenters. The van der Waals surface area contributed by atoms with Crippen LogP contribution in [0.1, 0.15) is 43.0 Å². The van der Waals surface area contributed by atoms with Crippen molar-refractivity contribution in [2.75, 3.05) is 0 Å². The molecule has 8 heteroatoms. The number of carboxylic acid groups (broad SMARTS) is 2. The minimum absolute atomic E-state index is 0.0661. The first-order valence-electron chi connectivity index (χ1n) is 16.9. The molecule has 0 saturated heterocycles. The predicted octanol–water partition coefficient (Wildman–Crippen LogP) is 10.1. The fraction of sp³-hybridized carbons (Fsp3) is 0.0222. The second-order valence-corrected chi connectivity index (χ2v) is 12.8. The van der Waals surface area contributed by atoms with E-state index >= 15 is 0 Å². The summed E-state index contributed by atoms with van der Waals surface area (Å²) in [6.45, 7) is 0. The molecule has 254 valence electrons. The van der Waals surface area contributed by atoms with Gasteiger partial charge >= 0.3 is 11.9 Å². The highest BCUT2D eigenvalue weighted by Gasteiger charge is 2.47. The SMILES string of the molecule is O=C(O)c1ccc(Oc2cc(C3(c4cc(Oc5ccc(C(=O)O)cn5)c5ccccc5c4)c4ccccc4-c4ccccc43)cc3ccccc23)nc1. The van der Waals surface area contributed by atoms with E-state index in [1.54, 1.807) is 12.1 Å². The summed E-state index contributed by atoms with van der Waals surface area (Å²) in [5, 5.41) is 22.5.